The average molecular weight is 271 g/mol. The number of nitrogens with two attached hydrogens (primary N) is 1. The minimum Gasteiger partial charge on any atom is -0.329 e. The van der Waals surface area contributed by atoms with Crippen molar-refractivity contribution in [2.45, 2.75) is 26.7 Å². The molecule has 106 valence electrons. The Bertz CT molecular complexity index is 595. The topological polar surface area (TPSA) is 67.1 Å². The fourth-order valence-electron chi connectivity index (χ4n) is 2.26. The fourth-order valence-corrected chi connectivity index (χ4v) is 2.26. The Labute approximate surface area is 119 Å². The summed E-state index contributed by atoms with van der Waals surface area (Å²) in [6.07, 6.45) is 1.53. The SMILES string of the molecule is Cc1cccc(N(C)c2ncnc(NN)c2C(C)C)c1. The van der Waals surface area contributed by atoms with E-state index in [4.69, 9.17) is 5.84 Å². The maximum absolute atomic E-state index is 5.56. The van der Waals surface area contributed by atoms with E-state index in [1.54, 1.807) is 0 Å². The molecule has 0 spiro atoms. The van der Waals surface area contributed by atoms with Crippen LogP contribution in [0.25, 0.3) is 0 Å². The molecule has 0 unspecified atom stereocenters. The number of nitrogen functional groups attached to an aromatic ring is 1. The predicted molar refractivity (Wildman–Crippen MR) is 83.2 cm³/mol. The van der Waals surface area contributed by atoms with Gasteiger partial charge in [-0.2, -0.15) is 0 Å². The van der Waals surface area contributed by atoms with E-state index in [0.717, 1.165) is 17.1 Å². The zero-order valence-electron chi connectivity index (χ0n) is 12.4. The van der Waals surface area contributed by atoms with Crippen molar-refractivity contribution in [1.82, 2.24) is 9.97 Å². The molecule has 0 fully saturated rings. The number of rotatable bonds is 4. The lowest BCUT2D eigenvalue weighted by molar-refractivity contribution is 0.839. The maximum Gasteiger partial charge on any atom is 0.148 e. The Morgan fingerprint density at radius 2 is 2.00 bits per heavy atom. The first-order chi connectivity index (χ1) is 9.54. The van der Waals surface area contributed by atoms with Crippen LogP contribution in [0.2, 0.25) is 0 Å². The monoisotopic (exact) mass is 271 g/mol. The smallest absolute Gasteiger partial charge is 0.148 e. The molecule has 1 heterocycles. The van der Waals surface area contributed by atoms with Gasteiger partial charge in [0.1, 0.15) is 18.0 Å². The van der Waals surface area contributed by atoms with Crippen molar-refractivity contribution >= 4 is 17.3 Å². The van der Waals surface area contributed by atoms with Crippen molar-refractivity contribution in [3.63, 3.8) is 0 Å². The van der Waals surface area contributed by atoms with E-state index in [-0.39, 0.29) is 5.92 Å². The molecule has 0 amide bonds. The second-order valence-corrected chi connectivity index (χ2v) is 5.16. The molecule has 0 saturated heterocycles. The van der Waals surface area contributed by atoms with Crippen LogP contribution in [-0.4, -0.2) is 17.0 Å². The number of aromatic nitrogens is 2. The normalized spacial score (nSPS) is 10.7. The van der Waals surface area contributed by atoms with E-state index < -0.39 is 0 Å². The van der Waals surface area contributed by atoms with Gasteiger partial charge in [0.25, 0.3) is 0 Å². The van der Waals surface area contributed by atoms with Gasteiger partial charge in [-0.05, 0) is 30.5 Å². The summed E-state index contributed by atoms with van der Waals surface area (Å²) in [5, 5.41) is 0. The summed E-state index contributed by atoms with van der Waals surface area (Å²) >= 11 is 0. The van der Waals surface area contributed by atoms with E-state index in [2.05, 4.69) is 59.3 Å². The van der Waals surface area contributed by atoms with Crippen molar-refractivity contribution in [1.29, 1.82) is 0 Å². The van der Waals surface area contributed by atoms with E-state index in [1.807, 2.05) is 13.1 Å². The minimum atomic E-state index is 0.268. The molecule has 0 radical (unpaired) electrons. The van der Waals surface area contributed by atoms with E-state index >= 15 is 0 Å². The van der Waals surface area contributed by atoms with E-state index in [0.29, 0.717) is 5.82 Å². The van der Waals surface area contributed by atoms with Crippen molar-refractivity contribution in [3.8, 4) is 0 Å². The van der Waals surface area contributed by atoms with Crippen LogP contribution in [0.4, 0.5) is 17.3 Å². The van der Waals surface area contributed by atoms with Crippen LogP contribution in [0.15, 0.2) is 30.6 Å². The third kappa shape index (κ3) is 2.72. The largest absolute Gasteiger partial charge is 0.329 e. The number of hydrazine groups is 1. The van der Waals surface area contributed by atoms with Crippen LogP contribution in [0.3, 0.4) is 0 Å². The first kappa shape index (κ1) is 14.3. The molecule has 0 saturated carbocycles. The molecule has 5 nitrogen and oxygen atoms in total. The zero-order valence-corrected chi connectivity index (χ0v) is 12.4. The molecule has 2 aromatic rings. The Balaban J connectivity index is 2.52. The van der Waals surface area contributed by atoms with Crippen LogP contribution in [-0.2, 0) is 0 Å². The highest BCUT2D eigenvalue weighted by atomic mass is 15.3. The van der Waals surface area contributed by atoms with Gasteiger partial charge >= 0.3 is 0 Å². The molecule has 1 aromatic carbocycles. The summed E-state index contributed by atoms with van der Waals surface area (Å²) in [7, 11) is 2.00. The van der Waals surface area contributed by atoms with Gasteiger partial charge in [-0.1, -0.05) is 26.0 Å². The number of benzene rings is 1. The first-order valence-electron chi connectivity index (χ1n) is 6.66. The molecular formula is C15H21N5. The second-order valence-electron chi connectivity index (χ2n) is 5.16. The lowest BCUT2D eigenvalue weighted by atomic mass is 10.0. The standard InChI is InChI=1S/C15H21N5/c1-10(2)13-14(19-16)17-9-18-15(13)20(4)12-7-5-6-11(3)8-12/h5-10H,16H2,1-4H3,(H,17,18,19). The third-order valence-corrected chi connectivity index (χ3v) is 3.28. The van der Waals surface area contributed by atoms with Gasteiger partial charge in [-0.3, -0.25) is 0 Å². The molecule has 20 heavy (non-hydrogen) atoms. The maximum atomic E-state index is 5.56. The van der Waals surface area contributed by atoms with Crippen LogP contribution < -0.4 is 16.2 Å². The molecular weight excluding hydrogens is 250 g/mol. The van der Waals surface area contributed by atoms with Gasteiger partial charge in [-0.25, -0.2) is 15.8 Å². The summed E-state index contributed by atoms with van der Waals surface area (Å²) in [6.45, 7) is 6.29. The zero-order chi connectivity index (χ0) is 14.7. The molecule has 0 atom stereocenters. The number of nitrogens with one attached hydrogen (secondary N) is 1. The van der Waals surface area contributed by atoms with E-state index in [9.17, 15) is 0 Å². The highest BCUT2D eigenvalue weighted by Gasteiger charge is 2.18. The highest BCUT2D eigenvalue weighted by molar-refractivity contribution is 5.67. The van der Waals surface area contributed by atoms with Gasteiger partial charge in [0, 0.05) is 18.3 Å². The molecule has 1 aromatic heterocycles. The van der Waals surface area contributed by atoms with Crippen molar-refractivity contribution in [2.24, 2.45) is 5.84 Å². The molecule has 3 N–H and O–H groups in total. The van der Waals surface area contributed by atoms with Gasteiger partial charge in [-0.15, -0.1) is 0 Å². The van der Waals surface area contributed by atoms with Crippen molar-refractivity contribution in [3.05, 3.63) is 41.7 Å². The van der Waals surface area contributed by atoms with Gasteiger partial charge in [0.05, 0.1) is 0 Å². The van der Waals surface area contributed by atoms with E-state index in [1.165, 1.54) is 11.9 Å². The van der Waals surface area contributed by atoms with Crippen molar-refractivity contribution < 1.29 is 0 Å². The number of hydrogen-bond acceptors (Lipinski definition) is 5. The Morgan fingerprint density at radius 1 is 1.25 bits per heavy atom. The molecule has 0 bridgehead atoms. The Hall–Kier alpha value is -2.14. The number of anilines is 3. The summed E-state index contributed by atoms with van der Waals surface area (Å²) in [6, 6.07) is 8.31. The molecule has 0 aliphatic rings. The molecule has 5 heteroatoms. The number of aryl methyl sites for hydroxylation is 1. The van der Waals surface area contributed by atoms with Crippen LogP contribution >= 0.6 is 0 Å². The summed E-state index contributed by atoms with van der Waals surface area (Å²) in [4.78, 5) is 10.7. The summed E-state index contributed by atoms with van der Waals surface area (Å²) < 4.78 is 0. The Morgan fingerprint density at radius 3 is 2.60 bits per heavy atom. The van der Waals surface area contributed by atoms with Crippen LogP contribution in [0.5, 0.6) is 0 Å². The quantitative estimate of drug-likeness (QED) is 0.661. The lowest BCUT2D eigenvalue weighted by Crippen LogP contribution is -2.18. The van der Waals surface area contributed by atoms with Crippen molar-refractivity contribution in [2.75, 3.05) is 17.4 Å². The molecule has 0 aliphatic carbocycles. The number of nitrogens with zero attached hydrogens (tertiary/aromatic N) is 3. The average Bonchev–Trinajstić information content (AvgIpc) is 2.45. The first-order valence-corrected chi connectivity index (χ1v) is 6.66. The molecule has 2 rings (SSSR count). The number of hydrogen-bond donors (Lipinski definition) is 2. The summed E-state index contributed by atoms with van der Waals surface area (Å²) in [5.74, 6) is 7.37. The lowest BCUT2D eigenvalue weighted by Gasteiger charge is -2.24. The minimum absolute atomic E-state index is 0.268. The van der Waals surface area contributed by atoms with Gasteiger partial charge in [0.2, 0.25) is 0 Å². The fraction of sp³-hybridized carbons (Fsp3) is 0.333. The predicted octanol–water partition coefficient (Wildman–Crippen LogP) is 2.96. The van der Waals surface area contributed by atoms with Crippen LogP contribution in [0.1, 0.15) is 30.9 Å². The molecule has 0 aliphatic heterocycles. The highest BCUT2D eigenvalue weighted by Crippen LogP contribution is 2.33. The van der Waals surface area contributed by atoms with Gasteiger partial charge < -0.3 is 10.3 Å². The summed E-state index contributed by atoms with van der Waals surface area (Å²) in [5.41, 5.74) is 5.98. The Kier molecular flexibility index (Phi) is 4.20. The second kappa shape index (κ2) is 5.88. The van der Waals surface area contributed by atoms with Crippen LogP contribution in [0, 0.1) is 6.92 Å². The van der Waals surface area contributed by atoms with Gasteiger partial charge in [0.15, 0.2) is 0 Å². The third-order valence-electron chi connectivity index (χ3n) is 3.28.